The van der Waals surface area contributed by atoms with Crippen LogP contribution in [0, 0.1) is 5.92 Å². The first-order valence-corrected chi connectivity index (χ1v) is 8.75. The van der Waals surface area contributed by atoms with E-state index in [-0.39, 0.29) is 24.0 Å². The summed E-state index contributed by atoms with van der Waals surface area (Å²) < 4.78 is 22.7. The zero-order valence-corrected chi connectivity index (χ0v) is 12.7. The molecular formula is C13H14ClN3O3S. The predicted octanol–water partition coefficient (Wildman–Crippen LogP) is 1.27. The van der Waals surface area contributed by atoms with Gasteiger partial charge in [0.05, 0.1) is 35.0 Å². The zero-order valence-electron chi connectivity index (χ0n) is 11.1. The van der Waals surface area contributed by atoms with Crippen LogP contribution in [0.1, 0.15) is 12.2 Å². The van der Waals surface area contributed by atoms with Gasteiger partial charge in [-0.3, -0.25) is 4.79 Å². The number of hydrogen-bond acceptors (Lipinski definition) is 4. The molecule has 1 aromatic heterocycles. The largest absolute Gasteiger partial charge is 0.349 e. The Hall–Kier alpha value is -1.60. The molecule has 21 heavy (non-hydrogen) atoms. The third-order valence-electron chi connectivity index (χ3n) is 3.53. The highest BCUT2D eigenvalue weighted by Crippen LogP contribution is 2.19. The van der Waals surface area contributed by atoms with Gasteiger partial charge in [-0.1, -0.05) is 11.6 Å². The number of nitrogens with zero attached hydrogens (tertiary/aromatic N) is 1. The second kappa shape index (κ2) is 5.31. The van der Waals surface area contributed by atoms with Crippen molar-refractivity contribution in [3.63, 3.8) is 0 Å². The Morgan fingerprint density at radius 1 is 1.48 bits per heavy atom. The van der Waals surface area contributed by atoms with Crippen LogP contribution in [0.2, 0.25) is 5.02 Å². The molecule has 2 heterocycles. The number of hydrogen-bond donors (Lipinski definition) is 2. The summed E-state index contributed by atoms with van der Waals surface area (Å²) in [5.41, 5.74) is 1.57. The van der Waals surface area contributed by atoms with Crippen LogP contribution in [0.25, 0.3) is 11.0 Å². The molecule has 0 spiro atoms. The Morgan fingerprint density at radius 2 is 2.29 bits per heavy atom. The molecule has 1 aliphatic heterocycles. The van der Waals surface area contributed by atoms with E-state index in [1.165, 1.54) is 0 Å². The van der Waals surface area contributed by atoms with Crippen LogP contribution in [0.5, 0.6) is 0 Å². The summed E-state index contributed by atoms with van der Waals surface area (Å²) >= 11 is 5.89. The van der Waals surface area contributed by atoms with E-state index < -0.39 is 15.8 Å². The van der Waals surface area contributed by atoms with Crippen molar-refractivity contribution in [2.24, 2.45) is 5.92 Å². The molecule has 2 N–H and O–H groups in total. The summed E-state index contributed by atoms with van der Waals surface area (Å²) in [7, 11) is -3.05. The fourth-order valence-corrected chi connectivity index (χ4v) is 4.35. The minimum absolute atomic E-state index is 0.0609. The minimum atomic E-state index is -3.05. The molecule has 2 aromatic rings. The van der Waals surface area contributed by atoms with Gasteiger partial charge < -0.3 is 10.3 Å². The molecule has 8 heteroatoms. The monoisotopic (exact) mass is 327 g/mol. The maximum absolute atomic E-state index is 11.9. The van der Waals surface area contributed by atoms with E-state index in [0.29, 0.717) is 17.3 Å². The van der Waals surface area contributed by atoms with Crippen molar-refractivity contribution in [3.05, 3.63) is 29.0 Å². The van der Waals surface area contributed by atoms with Crippen LogP contribution in [0.3, 0.4) is 0 Å². The molecule has 3 rings (SSSR count). The SMILES string of the molecule is O=C(NCc1nc2ccc(Cl)cc2[nH]1)C1CCS(=O)(=O)C1. The number of rotatable bonds is 3. The third-order valence-corrected chi connectivity index (χ3v) is 5.53. The quantitative estimate of drug-likeness (QED) is 0.888. The fourth-order valence-electron chi connectivity index (χ4n) is 2.44. The molecule has 6 nitrogen and oxygen atoms in total. The molecule has 1 aliphatic rings. The number of H-pyrrole nitrogens is 1. The highest BCUT2D eigenvalue weighted by Gasteiger charge is 2.32. The maximum Gasteiger partial charge on any atom is 0.224 e. The molecule has 0 radical (unpaired) electrons. The van der Waals surface area contributed by atoms with Crippen LogP contribution in [-0.2, 0) is 21.2 Å². The van der Waals surface area contributed by atoms with Crippen LogP contribution in [0.15, 0.2) is 18.2 Å². The lowest BCUT2D eigenvalue weighted by Gasteiger charge is -2.07. The number of aromatic amines is 1. The van der Waals surface area contributed by atoms with Crippen molar-refractivity contribution in [1.82, 2.24) is 15.3 Å². The first-order chi connectivity index (χ1) is 9.93. The zero-order chi connectivity index (χ0) is 15.0. The molecule has 0 aliphatic carbocycles. The van der Waals surface area contributed by atoms with Gasteiger partial charge in [0.25, 0.3) is 0 Å². The maximum atomic E-state index is 11.9. The lowest BCUT2D eigenvalue weighted by molar-refractivity contribution is -0.124. The summed E-state index contributed by atoms with van der Waals surface area (Å²) in [6, 6.07) is 5.30. The summed E-state index contributed by atoms with van der Waals surface area (Å²) in [4.78, 5) is 19.3. The average molecular weight is 328 g/mol. The number of carbonyl (C=O) groups excluding carboxylic acids is 1. The molecule has 1 aromatic carbocycles. The second-order valence-electron chi connectivity index (χ2n) is 5.16. The summed E-state index contributed by atoms with van der Waals surface area (Å²) in [6.07, 6.45) is 0.393. The molecule has 1 amide bonds. The highest BCUT2D eigenvalue weighted by atomic mass is 35.5. The molecule has 1 saturated heterocycles. The molecule has 1 fully saturated rings. The van der Waals surface area contributed by atoms with Crippen LogP contribution in [0.4, 0.5) is 0 Å². The molecule has 1 atom stereocenters. The van der Waals surface area contributed by atoms with E-state index in [0.717, 1.165) is 11.0 Å². The number of halogens is 1. The molecule has 1 unspecified atom stereocenters. The van der Waals surface area contributed by atoms with E-state index in [1.807, 2.05) is 0 Å². The smallest absolute Gasteiger partial charge is 0.224 e. The lowest BCUT2D eigenvalue weighted by atomic mass is 10.1. The predicted molar refractivity (Wildman–Crippen MR) is 79.7 cm³/mol. The number of fused-ring (bicyclic) bond motifs is 1. The van der Waals surface area contributed by atoms with Gasteiger partial charge in [-0.15, -0.1) is 0 Å². The minimum Gasteiger partial charge on any atom is -0.349 e. The number of aromatic nitrogens is 2. The van der Waals surface area contributed by atoms with Crippen molar-refractivity contribution in [2.45, 2.75) is 13.0 Å². The van der Waals surface area contributed by atoms with Gasteiger partial charge in [-0.2, -0.15) is 0 Å². The Bertz CT molecular complexity index is 800. The standard InChI is InChI=1S/C13H14ClN3O3S/c14-9-1-2-10-11(5-9)17-12(16-10)6-15-13(18)8-3-4-21(19,20)7-8/h1-2,5,8H,3-4,6-7H2,(H,15,18)(H,16,17). The van der Waals surface area contributed by atoms with Crippen molar-refractivity contribution in [1.29, 1.82) is 0 Å². The number of benzene rings is 1. The van der Waals surface area contributed by atoms with Crippen molar-refractivity contribution < 1.29 is 13.2 Å². The summed E-state index contributed by atoms with van der Waals surface area (Å²) in [5, 5.41) is 3.33. The van der Waals surface area contributed by atoms with E-state index in [1.54, 1.807) is 18.2 Å². The normalized spacial score (nSPS) is 20.7. The number of sulfone groups is 1. The number of nitrogens with one attached hydrogen (secondary N) is 2. The van der Waals surface area contributed by atoms with Crippen LogP contribution < -0.4 is 5.32 Å². The van der Waals surface area contributed by atoms with Gasteiger partial charge in [0.15, 0.2) is 9.84 Å². The topological polar surface area (TPSA) is 91.9 Å². The first kappa shape index (κ1) is 14.3. The van der Waals surface area contributed by atoms with Crippen molar-refractivity contribution in [3.8, 4) is 0 Å². The highest BCUT2D eigenvalue weighted by molar-refractivity contribution is 7.91. The lowest BCUT2D eigenvalue weighted by Crippen LogP contribution is -2.31. The average Bonchev–Trinajstić information content (AvgIpc) is 2.98. The van der Waals surface area contributed by atoms with E-state index in [2.05, 4.69) is 15.3 Å². The summed E-state index contributed by atoms with van der Waals surface area (Å²) in [6.45, 7) is 0.238. The third kappa shape index (κ3) is 3.19. The molecular weight excluding hydrogens is 314 g/mol. The molecule has 0 bridgehead atoms. The van der Waals surface area contributed by atoms with Gasteiger partial charge in [0, 0.05) is 5.02 Å². The van der Waals surface area contributed by atoms with Crippen LogP contribution >= 0.6 is 11.6 Å². The van der Waals surface area contributed by atoms with Crippen molar-refractivity contribution in [2.75, 3.05) is 11.5 Å². The van der Waals surface area contributed by atoms with E-state index >= 15 is 0 Å². The number of carbonyl (C=O) groups is 1. The fraction of sp³-hybridized carbons (Fsp3) is 0.385. The molecule has 112 valence electrons. The van der Waals surface area contributed by atoms with Crippen LogP contribution in [-0.4, -0.2) is 35.8 Å². The number of amides is 1. The van der Waals surface area contributed by atoms with E-state index in [9.17, 15) is 13.2 Å². The number of imidazole rings is 1. The second-order valence-corrected chi connectivity index (χ2v) is 7.83. The Kier molecular flexibility index (Phi) is 3.62. The Balaban J connectivity index is 1.65. The van der Waals surface area contributed by atoms with Gasteiger partial charge >= 0.3 is 0 Å². The van der Waals surface area contributed by atoms with Crippen molar-refractivity contribution >= 4 is 38.4 Å². The van der Waals surface area contributed by atoms with Gasteiger partial charge in [-0.25, -0.2) is 13.4 Å². The van der Waals surface area contributed by atoms with Gasteiger partial charge in [-0.05, 0) is 24.6 Å². The van der Waals surface area contributed by atoms with Gasteiger partial charge in [0.1, 0.15) is 5.82 Å². The summed E-state index contributed by atoms with van der Waals surface area (Å²) in [5.74, 6) is -0.0483. The Morgan fingerprint density at radius 3 is 3.00 bits per heavy atom. The van der Waals surface area contributed by atoms with Gasteiger partial charge in [0.2, 0.25) is 5.91 Å². The molecule has 0 saturated carbocycles. The Labute approximate surface area is 126 Å². The van der Waals surface area contributed by atoms with E-state index in [4.69, 9.17) is 11.6 Å². The first-order valence-electron chi connectivity index (χ1n) is 6.55.